The number of carbonyl (C=O) groups is 2. The van der Waals surface area contributed by atoms with Gasteiger partial charge in [-0.05, 0) is 63.3 Å². The fourth-order valence-electron chi connectivity index (χ4n) is 3.58. The zero-order valence-corrected chi connectivity index (χ0v) is 14.6. The predicted molar refractivity (Wildman–Crippen MR) is 92.4 cm³/mol. The van der Waals surface area contributed by atoms with Crippen molar-refractivity contribution >= 4 is 17.7 Å². The molecule has 2 aliphatic carbocycles. The van der Waals surface area contributed by atoms with Crippen LogP contribution in [-0.4, -0.2) is 23.6 Å². The third-order valence-corrected chi connectivity index (χ3v) is 4.56. The molecule has 2 bridgehead atoms. The highest BCUT2D eigenvalue weighted by Gasteiger charge is 2.49. The largest absolute Gasteiger partial charge is 0.444 e. The van der Waals surface area contributed by atoms with Gasteiger partial charge in [0.05, 0.1) is 12.0 Å². The molecule has 2 amide bonds. The van der Waals surface area contributed by atoms with Gasteiger partial charge in [-0.1, -0.05) is 12.2 Å². The maximum atomic E-state index is 13.0. The normalized spacial score (nSPS) is 27.2. The number of hydrogen-bond acceptors (Lipinski definition) is 3. The minimum atomic E-state index is -0.594. The van der Waals surface area contributed by atoms with Crippen molar-refractivity contribution in [2.45, 2.75) is 38.8 Å². The predicted octanol–water partition coefficient (Wildman–Crippen LogP) is 3.48. The number of carbonyl (C=O) groups excluding carboxylic acids is 2. The number of halogens is 1. The molecule has 134 valence electrons. The van der Waals surface area contributed by atoms with E-state index in [2.05, 4.69) is 10.6 Å². The van der Waals surface area contributed by atoms with Crippen LogP contribution in [0.4, 0.5) is 14.9 Å². The molecule has 1 aromatic rings. The van der Waals surface area contributed by atoms with Crippen LogP contribution in [-0.2, 0) is 9.53 Å². The molecule has 0 aromatic heterocycles. The van der Waals surface area contributed by atoms with E-state index in [0.717, 1.165) is 6.42 Å². The van der Waals surface area contributed by atoms with Crippen molar-refractivity contribution in [2.24, 2.45) is 17.8 Å². The lowest BCUT2D eigenvalue weighted by molar-refractivity contribution is -0.121. The van der Waals surface area contributed by atoms with Crippen molar-refractivity contribution in [1.29, 1.82) is 0 Å². The molecule has 2 aliphatic rings. The molecule has 5 nitrogen and oxygen atoms in total. The Balaban J connectivity index is 1.70. The molecule has 2 N–H and O–H groups in total. The van der Waals surface area contributed by atoms with Gasteiger partial charge >= 0.3 is 6.09 Å². The smallest absolute Gasteiger partial charge is 0.407 e. The van der Waals surface area contributed by atoms with Gasteiger partial charge in [0.2, 0.25) is 5.91 Å². The molecular formula is C19H23FN2O3. The number of anilines is 1. The molecule has 0 heterocycles. The van der Waals surface area contributed by atoms with Gasteiger partial charge in [0.25, 0.3) is 0 Å². The summed E-state index contributed by atoms with van der Waals surface area (Å²) in [5, 5.41) is 5.68. The van der Waals surface area contributed by atoms with Crippen LogP contribution in [0.3, 0.4) is 0 Å². The van der Waals surface area contributed by atoms with Crippen LogP contribution in [0.5, 0.6) is 0 Å². The number of nitrogens with one attached hydrogen (secondary N) is 2. The maximum absolute atomic E-state index is 13.0. The van der Waals surface area contributed by atoms with E-state index in [1.165, 1.54) is 24.3 Å². The summed E-state index contributed by atoms with van der Waals surface area (Å²) in [6.07, 6.45) is 4.40. The standard InChI is InChI=1S/C19H23FN2O3/c1-19(2,3)25-18(24)22-16-12-5-4-11(10-12)15(16)17(23)21-14-8-6-13(20)7-9-14/h4-9,11-12,15-16H,10H2,1-3H3,(H,21,23)(H,22,24)/t11-,12+,15?,16?/m0/s1. The topological polar surface area (TPSA) is 67.4 Å². The van der Waals surface area contributed by atoms with Gasteiger partial charge < -0.3 is 15.4 Å². The number of amides is 2. The molecule has 1 aromatic carbocycles. The van der Waals surface area contributed by atoms with E-state index in [1.54, 1.807) is 20.8 Å². The summed E-state index contributed by atoms with van der Waals surface area (Å²) in [6, 6.07) is 5.34. The fourth-order valence-corrected chi connectivity index (χ4v) is 3.58. The quantitative estimate of drug-likeness (QED) is 0.824. The van der Waals surface area contributed by atoms with Gasteiger partial charge in [-0.25, -0.2) is 9.18 Å². The van der Waals surface area contributed by atoms with Crippen molar-refractivity contribution in [3.8, 4) is 0 Å². The third-order valence-electron chi connectivity index (χ3n) is 4.56. The lowest BCUT2D eigenvalue weighted by atomic mass is 9.88. The summed E-state index contributed by atoms with van der Waals surface area (Å²) in [7, 11) is 0. The Morgan fingerprint density at radius 1 is 1.12 bits per heavy atom. The van der Waals surface area contributed by atoms with E-state index in [0.29, 0.717) is 5.69 Å². The Labute approximate surface area is 146 Å². The number of allylic oxidation sites excluding steroid dienone is 1. The molecule has 1 fully saturated rings. The molecule has 0 spiro atoms. The Morgan fingerprint density at radius 3 is 2.40 bits per heavy atom. The molecule has 0 saturated heterocycles. The van der Waals surface area contributed by atoms with Crippen molar-refractivity contribution in [2.75, 3.05) is 5.32 Å². The first-order valence-electron chi connectivity index (χ1n) is 8.47. The van der Waals surface area contributed by atoms with E-state index in [4.69, 9.17) is 4.74 Å². The molecule has 0 radical (unpaired) electrons. The average molecular weight is 346 g/mol. The molecule has 3 rings (SSSR count). The van der Waals surface area contributed by atoms with Gasteiger partial charge in [0.1, 0.15) is 11.4 Å². The van der Waals surface area contributed by atoms with E-state index < -0.39 is 11.7 Å². The second kappa shape index (κ2) is 6.50. The monoisotopic (exact) mass is 346 g/mol. The molecule has 4 atom stereocenters. The van der Waals surface area contributed by atoms with Crippen LogP contribution >= 0.6 is 0 Å². The van der Waals surface area contributed by atoms with Gasteiger partial charge in [-0.15, -0.1) is 0 Å². The number of benzene rings is 1. The zero-order chi connectivity index (χ0) is 18.2. The Kier molecular flexibility index (Phi) is 4.54. The average Bonchev–Trinajstić information content (AvgIpc) is 3.08. The highest BCUT2D eigenvalue weighted by atomic mass is 19.1. The van der Waals surface area contributed by atoms with Crippen molar-refractivity contribution in [3.05, 3.63) is 42.2 Å². The zero-order valence-electron chi connectivity index (χ0n) is 14.6. The number of alkyl carbamates (subject to hydrolysis) is 1. The summed E-state index contributed by atoms with van der Waals surface area (Å²) in [4.78, 5) is 24.9. The van der Waals surface area contributed by atoms with Crippen molar-refractivity contribution in [3.63, 3.8) is 0 Å². The summed E-state index contributed by atoms with van der Waals surface area (Å²) in [6.45, 7) is 5.39. The molecule has 1 saturated carbocycles. The number of rotatable bonds is 3. The van der Waals surface area contributed by atoms with Crippen LogP contribution in [0, 0.1) is 23.6 Å². The number of ether oxygens (including phenoxy) is 1. The minimum Gasteiger partial charge on any atom is -0.444 e. The highest BCUT2D eigenvalue weighted by molar-refractivity contribution is 5.94. The van der Waals surface area contributed by atoms with Crippen molar-refractivity contribution in [1.82, 2.24) is 5.32 Å². The Hall–Kier alpha value is -2.37. The van der Waals surface area contributed by atoms with Gasteiger partial charge in [-0.2, -0.15) is 0 Å². The van der Waals surface area contributed by atoms with E-state index >= 15 is 0 Å². The second-order valence-electron chi connectivity index (χ2n) is 7.64. The maximum Gasteiger partial charge on any atom is 0.407 e. The molecule has 25 heavy (non-hydrogen) atoms. The van der Waals surface area contributed by atoms with E-state index in [9.17, 15) is 14.0 Å². The molecule has 0 aliphatic heterocycles. The summed E-state index contributed by atoms with van der Waals surface area (Å²) in [5.74, 6) is -0.686. The number of hydrogen-bond donors (Lipinski definition) is 2. The SMILES string of the molecule is CC(C)(C)OC(=O)NC1C(C(=O)Nc2ccc(F)cc2)[C@H]2C=C[C@@H]1C2. The highest BCUT2D eigenvalue weighted by Crippen LogP contribution is 2.44. The molecule has 6 heteroatoms. The lowest BCUT2D eigenvalue weighted by Gasteiger charge is -2.29. The van der Waals surface area contributed by atoms with Crippen LogP contribution in [0.15, 0.2) is 36.4 Å². The first-order valence-corrected chi connectivity index (χ1v) is 8.47. The summed E-state index contributed by atoms with van der Waals surface area (Å²) in [5.41, 5.74) is -0.0576. The van der Waals surface area contributed by atoms with Crippen LogP contribution < -0.4 is 10.6 Å². The lowest BCUT2D eigenvalue weighted by Crippen LogP contribution is -2.48. The Morgan fingerprint density at radius 2 is 1.76 bits per heavy atom. The minimum absolute atomic E-state index is 0.0883. The fraction of sp³-hybridized carbons (Fsp3) is 0.474. The van der Waals surface area contributed by atoms with E-state index in [1.807, 2.05) is 12.2 Å². The Bertz CT molecular complexity index is 694. The van der Waals surface area contributed by atoms with Gasteiger partial charge in [-0.3, -0.25) is 4.79 Å². The van der Waals surface area contributed by atoms with Crippen molar-refractivity contribution < 1.29 is 18.7 Å². The molecule has 2 unspecified atom stereocenters. The van der Waals surface area contributed by atoms with Crippen LogP contribution in [0.2, 0.25) is 0 Å². The van der Waals surface area contributed by atoms with Gasteiger partial charge in [0.15, 0.2) is 0 Å². The third kappa shape index (κ3) is 4.00. The summed E-state index contributed by atoms with van der Waals surface area (Å²) < 4.78 is 18.3. The van der Waals surface area contributed by atoms with E-state index in [-0.39, 0.29) is 35.5 Å². The molecular weight excluding hydrogens is 323 g/mol. The van der Waals surface area contributed by atoms with Gasteiger partial charge in [0, 0.05) is 5.69 Å². The number of fused-ring (bicyclic) bond motifs is 2. The summed E-state index contributed by atoms with van der Waals surface area (Å²) >= 11 is 0. The van der Waals surface area contributed by atoms with Crippen LogP contribution in [0.1, 0.15) is 27.2 Å². The van der Waals surface area contributed by atoms with Crippen LogP contribution in [0.25, 0.3) is 0 Å². The first-order chi connectivity index (χ1) is 11.7. The second-order valence-corrected chi connectivity index (χ2v) is 7.64. The first kappa shape index (κ1) is 17.5.